The van der Waals surface area contributed by atoms with Crippen molar-refractivity contribution in [1.29, 1.82) is 0 Å². The van der Waals surface area contributed by atoms with Gasteiger partial charge in [0.15, 0.2) is 17.0 Å². The van der Waals surface area contributed by atoms with Gasteiger partial charge in [-0.2, -0.15) is 0 Å². The van der Waals surface area contributed by atoms with Crippen LogP contribution in [-0.2, 0) is 0 Å². The van der Waals surface area contributed by atoms with Crippen LogP contribution in [0.1, 0.15) is 31.8 Å². The Morgan fingerprint density at radius 1 is 0.484 bits per heavy atom. The number of carbonyl (C=O) groups excluding carboxylic acids is 2. The first kappa shape index (κ1) is 17.9. The highest BCUT2D eigenvalue weighted by molar-refractivity contribution is 7.24. The van der Waals surface area contributed by atoms with E-state index in [0.29, 0.717) is 44.2 Å². The van der Waals surface area contributed by atoms with Crippen molar-refractivity contribution >= 4 is 43.1 Å². The van der Waals surface area contributed by atoms with Crippen molar-refractivity contribution in [2.24, 2.45) is 0 Å². The van der Waals surface area contributed by atoms with E-state index < -0.39 is 0 Å². The summed E-state index contributed by atoms with van der Waals surface area (Å²) in [5.74, 6) is -0.349. The average Bonchev–Trinajstić information content (AvgIpc) is 2.82. The lowest BCUT2D eigenvalue weighted by molar-refractivity contribution is 0.0979. The zero-order valence-corrected chi connectivity index (χ0v) is 17.0. The van der Waals surface area contributed by atoms with Gasteiger partial charge in [-0.15, -0.1) is 11.3 Å². The molecular weight excluding hydrogens is 404 g/mol. The summed E-state index contributed by atoms with van der Waals surface area (Å²) in [7, 11) is 0. The highest BCUT2D eigenvalue weighted by atomic mass is 32.1. The fourth-order valence-electron chi connectivity index (χ4n) is 4.44. The minimum Gasteiger partial charge on any atom is -0.289 e. The van der Waals surface area contributed by atoms with Crippen LogP contribution < -0.4 is 5.43 Å². The largest absolute Gasteiger partial charge is 0.289 e. The molecule has 4 heteroatoms. The Balaban J connectivity index is 1.71. The van der Waals surface area contributed by atoms with Gasteiger partial charge in [0, 0.05) is 42.4 Å². The summed E-state index contributed by atoms with van der Waals surface area (Å²) < 4.78 is 1.78. The Morgan fingerprint density at radius 2 is 1.06 bits per heavy atom. The summed E-state index contributed by atoms with van der Waals surface area (Å²) >= 11 is 1.55. The Kier molecular flexibility index (Phi) is 3.79. The fourth-order valence-corrected chi connectivity index (χ4v) is 5.55. The molecular formula is C27H14O3S. The number of hydrogen-bond acceptors (Lipinski definition) is 4. The molecule has 0 bridgehead atoms. The van der Waals surface area contributed by atoms with E-state index in [2.05, 4.69) is 0 Å². The first-order valence-electron chi connectivity index (χ1n) is 9.91. The molecule has 1 aromatic heterocycles. The fraction of sp³-hybridized carbons (Fsp3) is 0. The third-order valence-corrected chi connectivity index (χ3v) is 6.98. The minimum atomic E-state index is -0.185. The van der Waals surface area contributed by atoms with Crippen LogP contribution in [0, 0.1) is 0 Å². The van der Waals surface area contributed by atoms with Crippen LogP contribution >= 0.6 is 11.3 Å². The van der Waals surface area contributed by atoms with Crippen molar-refractivity contribution in [1.82, 2.24) is 0 Å². The van der Waals surface area contributed by atoms with Gasteiger partial charge in [-0.3, -0.25) is 14.4 Å². The van der Waals surface area contributed by atoms with E-state index in [0.717, 1.165) is 9.40 Å². The molecule has 5 aromatic rings. The van der Waals surface area contributed by atoms with E-state index in [9.17, 15) is 14.4 Å². The molecule has 146 valence electrons. The molecule has 4 aromatic carbocycles. The topological polar surface area (TPSA) is 51.2 Å². The third kappa shape index (κ3) is 2.49. The molecule has 0 amide bonds. The predicted molar refractivity (Wildman–Crippen MR) is 124 cm³/mol. The second-order valence-electron chi connectivity index (χ2n) is 7.54. The van der Waals surface area contributed by atoms with Crippen LogP contribution in [0.4, 0.5) is 0 Å². The number of fused-ring (bicyclic) bond motifs is 4. The lowest BCUT2D eigenvalue weighted by Gasteiger charge is -2.20. The van der Waals surface area contributed by atoms with E-state index >= 15 is 0 Å². The molecule has 0 N–H and O–H groups in total. The Hall–Kier alpha value is -3.89. The summed E-state index contributed by atoms with van der Waals surface area (Å²) in [5, 5.41) is 1.24. The van der Waals surface area contributed by atoms with E-state index in [1.54, 1.807) is 47.7 Å². The monoisotopic (exact) mass is 418 g/mol. The zero-order chi connectivity index (χ0) is 21.1. The van der Waals surface area contributed by atoms with Gasteiger partial charge in [0.05, 0.1) is 0 Å². The van der Waals surface area contributed by atoms with Gasteiger partial charge in [-0.1, -0.05) is 66.7 Å². The Labute approximate surface area is 181 Å². The van der Waals surface area contributed by atoms with Crippen molar-refractivity contribution in [3.05, 3.63) is 117 Å². The van der Waals surface area contributed by atoms with Crippen LogP contribution in [0.25, 0.3) is 31.3 Å². The van der Waals surface area contributed by atoms with E-state index in [1.807, 2.05) is 48.5 Å². The van der Waals surface area contributed by atoms with Crippen molar-refractivity contribution in [3.8, 4) is 11.1 Å². The summed E-state index contributed by atoms with van der Waals surface area (Å²) in [6.45, 7) is 0. The van der Waals surface area contributed by atoms with Gasteiger partial charge in [-0.05, 0) is 29.3 Å². The first-order chi connectivity index (χ1) is 15.1. The first-order valence-corrected chi connectivity index (χ1v) is 10.7. The molecule has 0 atom stereocenters. The third-order valence-electron chi connectivity index (χ3n) is 5.85. The van der Waals surface area contributed by atoms with Crippen molar-refractivity contribution < 1.29 is 9.59 Å². The molecule has 1 heterocycles. The maximum atomic E-state index is 13.5. The molecule has 3 nitrogen and oxygen atoms in total. The highest BCUT2D eigenvalue weighted by Crippen LogP contribution is 2.38. The molecule has 0 saturated heterocycles. The second-order valence-corrected chi connectivity index (χ2v) is 8.62. The van der Waals surface area contributed by atoms with E-state index in [4.69, 9.17) is 0 Å². The molecule has 0 spiro atoms. The minimum absolute atomic E-state index is 0.0625. The zero-order valence-electron chi connectivity index (χ0n) is 16.2. The van der Waals surface area contributed by atoms with Crippen molar-refractivity contribution in [3.63, 3.8) is 0 Å². The van der Waals surface area contributed by atoms with Gasteiger partial charge in [0.2, 0.25) is 0 Å². The quantitative estimate of drug-likeness (QED) is 0.314. The lowest BCUT2D eigenvalue weighted by atomic mass is 9.80. The molecule has 31 heavy (non-hydrogen) atoms. The summed E-state index contributed by atoms with van der Waals surface area (Å²) in [6.07, 6.45) is 0. The summed E-state index contributed by atoms with van der Waals surface area (Å²) in [5.41, 5.74) is 2.83. The smallest absolute Gasteiger partial charge is 0.196 e. The van der Waals surface area contributed by atoms with Gasteiger partial charge in [0.25, 0.3) is 0 Å². The van der Waals surface area contributed by atoms with Crippen molar-refractivity contribution in [2.75, 3.05) is 0 Å². The van der Waals surface area contributed by atoms with Gasteiger partial charge in [-0.25, -0.2) is 0 Å². The number of rotatable bonds is 1. The molecule has 0 saturated carbocycles. The number of hydrogen-bond donors (Lipinski definition) is 0. The van der Waals surface area contributed by atoms with E-state index in [1.165, 1.54) is 0 Å². The van der Waals surface area contributed by atoms with Crippen LogP contribution in [-0.4, -0.2) is 11.6 Å². The van der Waals surface area contributed by atoms with Crippen LogP contribution in [0.5, 0.6) is 0 Å². The van der Waals surface area contributed by atoms with Gasteiger partial charge in [0.1, 0.15) is 0 Å². The summed E-state index contributed by atoms with van der Waals surface area (Å²) in [4.78, 5) is 40.0. The summed E-state index contributed by atoms with van der Waals surface area (Å²) in [6, 6.07) is 25.4. The number of ketones is 2. The molecule has 0 radical (unpaired) electrons. The van der Waals surface area contributed by atoms with Crippen LogP contribution in [0.2, 0.25) is 0 Å². The predicted octanol–water partition coefficient (Wildman–Crippen LogP) is 5.86. The average molecular weight is 418 g/mol. The molecule has 1 aliphatic rings. The lowest BCUT2D eigenvalue weighted by Crippen LogP contribution is -2.21. The maximum Gasteiger partial charge on any atom is 0.196 e. The van der Waals surface area contributed by atoms with Crippen molar-refractivity contribution in [2.45, 2.75) is 0 Å². The Bertz CT molecular complexity index is 1640. The highest BCUT2D eigenvalue weighted by Gasteiger charge is 2.32. The second kappa shape index (κ2) is 6.56. The molecule has 1 aliphatic carbocycles. The standard InChI is InChI=1S/C27H14O3S/c28-25-17-7-1-2-8-18(17)26(29)23-15(10-5-12-20(23)25)16-11-6-14-22-24(16)27(30)19-9-3-4-13-21(19)31-22/h1-14H. The van der Waals surface area contributed by atoms with Gasteiger partial charge >= 0.3 is 0 Å². The molecule has 0 unspecified atom stereocenters. The SMILES string of the molecule is O=C1c2ccccc2C(=O)c2c1cccc2-c1cccc2sc3ccccc3c(=O)c12. The maximum absolute atomic E-state index is 13.5. The number of carbonyl (C=O) groups is 2. The van der Waals surface area contributed by atoms with Crippen LogP contribution in [0.15, 0.2) is 89.7 Å². The molecule has 6 rings (SSSR count). The Morgan fingerprint density at radius 3 is 1.90 bits per heavy atom. The van der Waals surface area contributed by atoms with E-state index in [-0.39, 0.29) is 17.0 Å². The van der Waals surface area contributed by atoms with Crippen LogP contribution in [0.3, 0.4) is 0 Å². The van der Waals surface area contributed by atoms with Gasteiger partial charge < -0.3 is 0 Å². The molecule has 0 aliphatic heterocycles. The normalized spacial score (nSPS) is 12.8. The molecule has 0 fully saturated rings. The number of benzene rings is 4.